The summed E-state index contributed by atoms with van der Waals surface area (Å²) in [7, 11) is -3.56. The predicted octanol–water partition coefficient (Wildman–Crippen LogP) is 12.5. The molecule has 6 heteroatoms. The summed E-state index contributed by atoms with van der Waals surface area (Å²) in [5.74, 6) is 0. The van der Waals surface area contributed by atoms with Gasteiger partial charge in [-0.2, -0.15) is 0 Å². The van der Waals surface area contributed by atoms with Crippen LogP contribution in [0.2, 0.25) is 0 Å². The van der Waals surface area contributed by atoms with Gasteiger partial charge in [-0.1, -0.05) is 26.2 Å². The number of hydrogen-bond acceptors (Lipinski definition) is 4. The van der Waals surface area contributed by atoms with Crippen molar-refractivity contribution in [2.45, 2.75) is 170 Å². The van der Waals surface area contributed by atoms with Crippen LogP contribution in [0.25, 0.3) is 0 Å². The summed E-state index contributed by atoms with van der Waals surface area (Å²) in [6.45, 7) is 10.8. The van der Waals surface area contributed by atoms with Gasteiger partial charge in [-0.05, 0) is 0 Å². The van der Waals surface area contributed by atoms with Gasteiger partial charge in [0.05, 0.1) is 0 Å². The summed E-state index contributed by atoms with van der Waals surface area (Å²) in [5.41, 5.74) is 0. The first-order chi connectivity index (χ1) is 18.4. The first kappa shape index (κ1) is 38.5. The standard InChI is InChI=1S/C32H70O4P2/c1-7-13-17-18-19-20-21-22-23-24-25-26-27-28-32-38(29-14-8-2,30-15-9-3,31-16-10-4)36-37(33,34-11-5)35-12-6/h7-32H2,1-6H3. The van der Waals surface area contributed by atoms with E-state index in [2.05, 4.69) is 27.7 Å². The topological polar surface area (TPSA) is 44.8 Å². The minimum absolute atomic E-state index is 0.359. The van der Waals surface area contributed by atoms with Crippen LogP contribution in [0.3, 0.4) is 0 Å². The zero-order valence-electron chi connectivity index (χ0n) is 26.9. The van der Waals surface area contributed by atoms with Gasteiger partial charge < -0.3 is 0 Å². The van der Waals surface area contributed by atoms with Gasteiger partial charge in [0.1, 0.15) is 0 Å². The Morgan fingerprint density at radius 1 is 0.421 bits per heavy atom. The van der Waals surface area contributed by atoms with Crippen molar-refractivity contribution in [1.29, 1.82) is 0 Å². The normalized spacial score (nSPS) is 13.6. The van der Waals surface area contributed by atoms with Crippen LogP contribution in [0.15, 0.2) is 0 Å². The molecule has 0 aliphatic carbocycles. The van der Waals surface area contributed by atoms with E-state index in [0.717, 1.165) is 63.2 Å². The Morgan fingerprint density at radius 3 is 1.03 bits per heavy atom. The number of phosphoric ester groups is 1. The molecular formula is C32H70O4P2. The molecule has 0 saturated heterocycles. The third-order valence-corrected chi connectivity index (χ3v) is 17.8. The Balaban J connectivity index is 5.05. The van der Waals surface area contributed by atoms with Crippen LogP contribution in [0, 0.1) is 0 Å². The fourth-order valence-corrected chi connectivity index (χ4v) is 16.3. The van der Waals surface area contributed by atoms with Crippen molar-refractivity contribution in [3.05, 3.63) is 0 Å². The SMILES string of the molecule is CCCCCCCCCCCCCCCCP(CCCC)(CCCC)(CCCC)OP(=O)(OCC)OCC. The molecular weight excluding hydrogens is 510 g/mol. The van der Waals surface area contributed by atoms with E-state index in [-0.39, 0.29) is 0 Å². The van der Waals surface area contributed by atoms with Crippen LogP contribution in [-0.4, -0.2) is 37.9 Å². The predicted molar refractivity (Wildman–Crippen MR) is 173 cm³/mol. The molecule has 0 aliphatic rings. The van der Waals surface area contributed by atoms with Gasteiger partial charge in [0.2, 0.25) is 0 Å². The monoisotopic (exact) mass is 580 g/mol. The average molecular weight is 581 g/mol. The summed E-state index contributed by atoms with van der Waals surface area (Å²) < 4.78 is 32.3. The van der Waals surface area contributed by atoms with Crippen molar-refractivity contribution in [1.82, 2.24) is 0 Å². The quantitative estimate of drug-likeness (QED) is 0.0626. The molecule has 0 amide bonds. The van der Waals surface area contributed by atoms with Gasteiger partial charge in [0, 0.05) is 0 Å². The van der Waals surface area contributed by atoms with Gasteiger partial charge in [-0.25, -0.2) is 0 Å². The van der Waals surface area contributed by atoms with Crippen LogP contribution in [0.5, 0.6) is 0 Å². The Hall–Kier alpha value is 0.540. The van der Waals surface area contributed by atoms with E-state index in [1.54, 1.807) is 0 Å². The molecule has 4 nitrogen and oxygen atoms in total. The molecule has 0 N–H and O–H groups in total. The minimum atomic E-state index is -3.56. The van der Waals surface area contributed by atoms with Gasteiger partial charge in [0.25, 0.3) is 0 Å². The molecule has 0 aromatic rings. The van der Waals surface area contributed by atoms with E-state index in [1.165, 1.54) is 89.9 Å². The molecule has 0 fully saturated rings. The van der Waals surface area contributed by atoms with Crippen molar-refractivity contribution < 1.29 is 17.9 Å². The second-order valence-corrected chi connectivity index (χ2v) is 19.3. The van der Waals surface area contributed by atoms with Crippen molar-refractivity contribution in [2.75, 3.05) is 37.9 Å². The van der Waals surface area contributed by atoms with Crippen LogP contribution >= 0.6 is 14.7 Å². The van der Waals surface area contributed by atoms with Gasteiger partial charge >= 0.3 is 214 Å². The first-order valence-corrected chi connectivity index (χ1v) is 21.4. The Kier molecular flexibility index (Phi) is 24.5. The van der Waals surface area contributed by atoms with E-state index in [0.29, 0.717) is 13.2 Å². The van der Waals surface area contributed by atoms with Crippen molar-refractivity contribution in [2.24, 2.45) is 0 Å². The summed E-state index contributed by atoms with van der Waals surface area (Å²) >= 11 is 0. The van der Waals surface area contributed by atoms with E-state index < -0.39 is 14.7 Å². The molecule has 0 radical (unpaired) electrons. The first-order valence-electron chi connectivity index (χ1n) is 17.0. The Morgan fingerprint density at radius 2 is 0.711 bits per heavy atom. The van der Waals surface area contributed by atoms with E-state index in [1.807, 2.05) is 13.8 Å². The van der Waals surface area contributed by atoms with E-state index in [9.17, 15) is 4.57 Å². The second-order valence-electron chi connectivity index (χ2n) is 11.8. The molecule has 38 heavy (non-hydrogen) atoms. The van der Waals surface area contributed by atoms with Gasteiger partial charge in [0.15, 0.2) is 0 Å². The van der Waals surface area contributed by atoms with E-state index in [4.69, 9.17) is 13.4 Å². The van der Waals surface area contributed by atoms with Gasteiger partial charge in [-0.3, -0.25) is 0 Å². The molecule has 0 saturated carbocycles. The summed E-state index contributed by atoms with van der Waals surface area (Å²) in [5, 5.41) is 0. The average Bonchev–Trinajstić information content (AvgIpc) is 2.90. The number of phosphoric acid groups is 1. The van der Waals surface area contributed by atoms with Crippen LogP contribution < -0.4 is 0 Å². The maximum absolute atomic E-state index is 13.8. The fraction of sp³-hybridized carbons (Fsp3) is 1.00. The van der Waals surface area contributed by atoms with Crippen molar-refractivity contribution in [3.63, 3.8) is 0 Å². The Labute approximate surface area is 240 Å². The fourth-order valence-electron chi connectivity index (χ4n) is 5.90. The van der Waals surface area contributed by atoms with Crippen molar-refractivity contribution in [3.8, 4) is 0 Å². The molecule has 0 unspecified atom stereocenters. The summed E-state index contributed by atoms with van der Waals surface area (Å²) in [4.78, 5) is 0. The molecule has 0 heterocycles. The van der Waals surface area contributed by atoms with Crippen molar-refractivity contribution >= 4 is 14.7 Å². The van der Waals surface area contributed by atoms with Crippen LogP contribution in [0.4, 0.5) is 0 Å². The third kappa shape index (κ3) is 17.4. The maximum atomic E-state index is 13.8. The molecule has 232 valence electrons. The zero-order valence-corrected chi connectivity index (χ0v) is 28.7. The number of hydrogen-bond donors (Lipinski definition) is 0. The molecule has 0 atom stereocenters. The number of rotatable bonds is 30. The van der Waals surface area contributed by atoms with Gasteiger partial charge in [-0.15, -0.1) is 0 Å². The summed E-state index contributed by atoms with van der Waals surface area (Å²) in [6, 6.07) is 0. The van der Waals surface area contributed by atoms with Crippen LogP contribution in [0.1, 0.15) is 170 Å². The molecule has 0 spiro atoms. The second kappa shape index (κ2) is 24.2. The Bertz CT molecular complexity index is 535. The van der Waals surface area contributed by atoms with Crippen LogP contribution in [-0.2, 0) is 17.9 Å². The molecule has 0 aliphatic heterocycles. The van der Waals surface area contributed by atoms with E-state index >= 15 is 0 Å². The molecule has 0 rings (SSSR count). The number of unbranched alkanes of at least 4 members (excludes halogenated alkanes) is 16. The third-order valence-electron chi connectivity index (χ3n) is 8.21. The molecule has 0 aromatic heterocycles. The molecule has 0 aromatic carbocycles. The summed E-state index contributed by atoms with van der Waals surface area (Å²) in [6.07, 6.45) is 30.3. The molecule has 0 bridgehead atoms. The zero-order chi connectivity index (χ0) is 28.5.